The number of nitrogens with two attached hydrogens (primary N) is 1. The van der Waals surface area contributed by atoms with Crippen LogP contribution in [0.1, 0.15) is 25.7 Å². The van der Waals surface area contributed by atoms with Crippen molar-refractivity contribution in [1.29, 1.82) is 0 Å². The SMILES string of the molecule is COCC1CCCCC1C(=O)OC(N)F. The molecule has 1 fully saturated rings. The highest BCUT2D eigenvalue weighted by Crippen LogP contribution is 2.31. The molecular formula is C10H18FNO3. The molecule has 3 atom stereocenters. The van der Waals surface area contributed by atoms with E-state index in [1.807, 2.05) is 0 Å². The highest BCUT2D eigenvalue weighted by atomic mass is 19.1. The minimum atomic E-state index is -2.01. The highest BCUT2D eigenvalue weighted by molar-refractivity contribution is 5.73. The van der Waals surface area contributed by atoms with E-state index in [4.69, 9.17) is 10.5 Å². The van der Waals surface area contributed by atoms with E-state index in [-0.39, 0.29) is 11.8 Å². The van der Waals surface area contributed by atoms with Gasteiger partial charge in [-0.2, -0.15) is 4.39 Å². The average molecular weight is 219 g/mol. The predicted molar refractivity (Wildman–Crippen MR) is 52.5 cm³/mol. The Morgan fingerprint density at radius 1 is 1.53 bits per heavy atom. The molecule has 0 aromatic heterocycles. The summed E-state index contributed by atoms with van der Waals surface area (Å²) in [6.45, 7) is -1.50. The van der Waals surface area contributed by atoms with E-state index in [0.717, 1.165) is 25.7 Å². The predicted octanol–water partition coefficient (Wildman–Crippen LogP) is 1.19. The van der Waals surface area contributed by atoms with Crippen molar-refractivity contribution in [2.24, 2.45) is 17.6 Å². The Morgan fingerprint density at radius 3 is 2.80 bits per heavy atom. The van der Waals surface area contributed by atoms with E-state index >= 15 is 0 Å². The summed E-state index contributed by atoms with van der Waals surface area (Å²) in [5.41, 5.74) is 4.78. The Morgan fingerprint density at radius 2 is 2.20 bits per heavy atom. The molecule has 1 aliphatic carbocycles. The Hall–Kier alpha value is -0.680. The van der Waals surface area contributed by atoms with E-state index in [9.17, 15) is 9.18 Å². The summed E-state index contributed by atoms with van der Waals surface area (Å²) in [5.74, 6) is -0.665. The molecule has 1 aliphatic rings. The quantitative estimate of drug-likeness (QED) is 0.438. The first-order chi connectivity index (χ1) is 7.15. The molecule has 4 nitrogen and oxygen atoms in total. The van der Waals surface area contributed by atoms with Gasteiger partial charge in [0.2, 0.25) is 0 Å². The number of hydrogen-bond acceptors (Lipinski definition) is 4. The smallest absolute Gasteiger partial charge is 0.312 e. The van der Waals surface area contributed by atoms with Gasteiger partial charge < -0.3 is 9.47 Å². The first-order valence-electron chi connectivity index (χ1n) is 5.24. The number of esters is 1. The highest BCUT2D eigenvalue weighted by Gasteiger charge is 2.32. The molecule has 15 heavy (non-hydrogen) atoms. The zero-order valence-corrected chi connectivity index (χ0v) is 8.95. The van der Waals surface area contributed by atoms with Gasteiger partial charge in [-0.1, -0.05) is 12.8 Å². The van der Waals surface area contributed by atoms with E-state index in [1.54, 1.807) is 7.11 Å². The Bertz CT molecular complexity index is 209. The number of carbonyl (C=O) groups is 1. The second-order valence-corrected chi connectivity index (χ2v) is 3.89. The van der Waals surface area contributed by atoms with Crippen LogP contribution in [-0.2, 0) is 14.3 Å². The minimum absolute atomic E-state index is 0.134. The molecule has 0 spiro atoms. The lowest BCUT2D eigenvalue weighted by molar-refractivity contribution is -0.166. The minimum Gasteiger partial charge on any atom is -0.417 e. The van der Waals surface area contributed by atoms with Crippen molar-refractivity contribution in [1.82, 2.24) is 0 Å². The van der Waals surface area contributed by atoms with Crippen molar-refractivity contribution in [3.05, 3.63) is 0 Å². The van der Waals surface area contributed by atoms with Crippen molar-refractivity contribution in [3.63, 3.8) is 0 Å². The molecule has 0 aromatic carbocycles. The molecule has 0 amide bonds. The zero-order chi connectivity index (χ0) is 11.3. The monoisotopic (exact) mass is 219 g/mol. The summed E-state index contributed by atoms with van der Waals surface area (Å²) >= 11 is 0. The number of alkyl halides is 1. The fourth-order valence-electron chi connectivity index (χ4n) is 2.13. The van der Waals surface area contributed by atoms with Gasteiger partial charge in [0.1, 0.15) is 0 Å². The lowest BCUT2D eigenvalue weighted by Gasteiger charge is -2.29. The zero-order valence-electron chi connectivity index (χ0n) is 8.95. The number of methoxy groups -OCH3 is 1. The van der Waals surface area contributed by atoms with Crippen LogP contribution in [0.4, 0.5) is 4.39 Å². The van der Waals surface area contributed by atoms with Gasteiger partial charge in [-0.05, 0) is 18.8 Å². The van der Waals surface area contributed by atoms with Crippen LogP contribution >= 0.6 is 0 Å². The van der Waals surface area contributed by atoms with Gasteiger partial charge in [-0.15, -0.1) is 0 Å². The van der Waals surface area contributed by atoms with Crippen molar-refractivity contribution in [3.8, 4) is 0 Å². The fraction of sp³-hybridized carbons (Fsp3) is 0.900. The molecule has 88 valence electrons. The topological polar surface area (TPSA) is 61.5 Å². The van der Waals surface area contributed by atoms with Gasteiger partial charge in [0.25, 0.3) is 6.48 Å². The third-order valence-corrected chi connectivity index (χ3v) is 2.82. The lowest BCUT2D eigenvalue weighted by Crippen LogP contribution is -2.34. The van der Waals surface area contributed by atoms with Crippen LogP contribution in [-0.4, -0.2) is 26.2 Å². The van der Waals surface area contributed by atoms with Gasteiger partial charge in [0.15, 0.2) is 0 Å². The van der Waals surface area contributed by atoms with Crippen LogP contribution in [0.3, 0.4) is 0 Å². The number of carbonyl (C=O) groups excluding carboxylic acids is 1. The second-order valence-electron chi connectivity index (χ2n) is 3.89. The van der Waals surface area contributed by atoms with Crippen LogP contribution in [0, 0.1) is 11.8 Å². The third kappa shape index (κ3) is 3.76. The summed E-state index contributed by atoms with van der Waals surface area (Å²) in [4.78, 5) is 11.5. The van der Waals surface area contributed by atoms with Crippen LogP contribution in [0.25, 0.3) is 0 Å². The molecule has 0 radical (unpaired) electrons. The fourth-order valence-corrected chi connectivity index (χ4v) is 2.13. The van der Waals surface area contributed by atoms with Crippen LogP contribution in [0.5, 0.6) is 0 Å². The Labute approximate surface area is 88.9 Å². The third-order valence-electron chi connectivity index (χ3n) is 2.82. The van der Waals surface area contributed by atoms with E-state index in [1.165, 1.54) is 0 Å². The second kappa shape index (κ2) is 6.02. The normalized spacial score (nSPS) is 28.5. The Balaban J connectivity index is 2.51. The molecule has 2 N–H and O–H groups in total. The molecule has 0 aromatic rings. The number of rotatable bonds is 4. The molecule has 1 saturated carbocycles. The lowest BCUT2D eigenvalue weighted by atomic mass is 9.80. The summed E-state index contributed by atoms with van der Waals surface area (Å²) in [6.07, 6.45) is 3.72. The first-order valence-corrected chi connectivity index (χ1v) is 5.24. The maximum absolute atomic E-state index is 12.3. The van der Waals surface area contributed by atoms with Gasteiger partial charge in [0.05, 0.1) is 5.92 Å². The van der Waals surface area contributed by atoms with Crippen molar-refractivity contribution in [2.45, 2.75) is 32.2 Å². The number of ether oxygens (including phenoxy) is 2. The molecule has 0 saturated heterocycles. The van der Waals surface area contributed by atoms with Gasteiger partial charge in [-0.25, -0.2) is 0 Å². The molecule has 0 bridgehead atoms. The van der Waals surface area contributed by atoms with E-state index in [0.29, 0.717) is 6.61 Å². The largest absolute Gasteiger partial charge is 0.417 e. The van der Waals surface area contributed by atoms with Gasteiger partial charge in [-0.3, -0.25) is 10.5 Å². The molecule has 0 heterocycles. The van der Waals surface area contributed by atoms with Crippen molar-refractivity contribution in [2.75, 3.05) is 13.7 Å². The first kappa shape index (κ1) is 12.4. The van der Waals surface area contributed by atoms with Gasteiger partial charge in [0, 0.05) is 13.7 Å². The van der Waals surface area contributed by atoms with Crippen molar-refractivity contribution < 1.29 is 18.7 Å². The maximum atomic E-state index is 12.3. The molecular weight excluding hydrogens is 201 g/mol. The standard InChI is InChI=1S/C10H18FNO3/c1-14-6-7-4-2-3-5-8(7)9(13)15-10(11)12/h7-8,10H,2-6,12H2,1H3. The molecule has 3 unspecified atom stereocenters. The van der Waals surface area contributed by atoms with E-state index in [2.05, 4.69) is 4.74 Å². The number of halogens is 1. The molecule has 5 heteroatoms. The van der Waals surface area contributed by atoms with Crippen LogP contribution in [0.2, 0.25) is 0 Å². The summed E-state index contributed by atoms with van der Waals surface area (Å²) in [5, 5.41) is 0. The van der Waals surface area contributed by atoms with Gasteiger partial charge >= 0.3 is 5.97 Å². The van der Waals surface area contributed by atoms with Crippen LogP contribution in [0.15, 0.2) is 0 Å². The van der Waals surface area contributed by atoms with E-state index < -0.39 is 12.5 Å². The van der Waals surface area contributed by atoms with Crippen molar-refractivity contribution >= 4 is 5.97 Å². The Kier molecular flexibility index (Phi) is 4.98. The average Bonchev–Trinajstić information content (AvgIpc) is 2.18. The molecule has 1 rings (SSSR count). The summed E-state index contributed by atoms with van der Waals surface area (Å²) in [6, 6.07) is 0. The summed E-state index contributed by atoms with van der Waals surface area (Å²) in [7, 11) is 1.60. The maximum Gasteiger partial charge on any atom is 0.312 e. The van der Waals surface area contributed by atoms with Crippen LogP contribution < -0.4 is 5.73 Å². The summed E-state index contributed by atoms with van der Waals surface area (Å²) < 4.78 is 21.7. The number of hydrogen-bond donors (Lipinski definition) is 1. The molecule has 0 aliphatic heterocycles.